The maximum Gasteiger partial charge on any atom is 0.328 e. The molecule has 1 heterocycles. The summed E-state index contributed by atoms with van der Waals surface area (Å²) in [5.41, 5.74) is 4.33. The van der Waals surface area contributed by atoms with Gasteiger partial charge in [0.05, 0.1) is 13.7 Å². The van der Waals surface area contributed by atoms with Gasteiger partial charge in [0.2, 0.25) is 0 Å². The number of nitrogens with zero attached hydrogens (tertiary/aromatic N) is 2. The van der Waals surface area contributed by atoms with Crippen LogP contribution in [0, 0.1) is 19.7 Å². The molecule has 41 heavy (non-hydrogen) atoms. The van der Waals surface area contributed by atoms with Gasteiger partial charge in [-0.3, -0.25) is 19.1 Å². The number of carbonyl (C=O) groups is 1. The maximum atomic E-state index is 15.3. The van der Waals surface area contributed by atoms with E-state index in [-0.39, 0.29) is 18.7 Å². The number of aliphatic hydroxyl groups excluding tert-OH is 1. The smallest absolute Gasteiger partial charge is 0.328 e. The van der Waals surface area contributed by atoms with E-state index in [1.54, 1.807) is 19.2 Å². The van der Waals surface area contributed by atoms with E-state index < -0.39 is 23.0 Å². The van der Waals surface area contributed by atoms with E-state index in [1.807, 2.05) is 49.1 Å². The molecule has 0 radical (unpaired) electrons. The lowest BCUT2D eigenvalue weighted by Gasteiger charge is -2.20. The summed E-state index contributed by atoms with van der Waals surface area (Å²) in [6, 6.07) is 14.5. The molecule has 0 unspecified atom stereocenters. The number of likely N-dealkylation sites (N-methyl/N-ethyl adjacent to an activating group) is 1. The lowest BCUT2D eigenvalue weighted by Crippen LogP contribution is -2.37. The zero-order chi connectivity index (χ0) is 29.8. The zero-order valence-electron chi connectivity index (χ0n) is 23.7. The van der Waals surface area contributed by atoms with Gasteiger partial charge >= 0.3 is 5.69 Å². The van der Waals surface area contributed by atoms with Gasteiger partial charge in [-0.2, -0.15) is 0 Å². The fourth-order valence-electron chi connectivity index (χ4n) is 4.84. The average molecular weight is 561 g/mol. The number of aromatic nitrogens is 2. The molecule has 1 amide bonds. The molecule has 0 aliphatic heterocycles. The predicted molar refractivity (Wildman–Crippen MR) is 157 cm³/mol. The Morgan fingerprint density at radius 2 is 1.73 bits per heavy atom. The standard InChI is InChI=1S/C31H33FN4O5/c1-18-21(20-14-26(32)25(28(15-20)41-5)17-35(3)12-13-37)8-6-9-22(18)23-10-7-11-27(19(23)2)34-29(38)24-16-33-31(40)36(4)30(24)39/h6-11,14-16,37H,12-13,17H2,1-5H3,(H,33,40)(H,34,38). The number of benzene rings is 3. The second-order valence-corrected chi connectivity index (χ2v) is 9.88. The normalized spacial score (nSPS) is 11.1. The van der Waals surface area contributed by atoms with Crippen molar-refractivity contribution in [3.8, 4) is 28.0 Å². The van der Waals surface area contributed by atoms with E-state index in [0.717, 1.165) is 38.6 Å². The summed E-state index contributed by atoms with van der Waals surface area (Å²) < 4.78 is 21.7. The van der Waals surface area contributed by atoms with Gasteiger partial charge in [0.25, 0.3) is 11.5 Å². The molecule has 0 aliphatic carbocycles. The Kier molecular flexibility index (Phi) is 8.85. The summed E-state index contributed by atoms with van der Waals surface area (Å²) in [5, 5.41) is 12.0. The van der Waals surface area contributed by atoms with Crippen molar-refractivity contribution in [3.63, 3.8) is 0 Å². The fraction of sp³-hybridized carbons (Fsp3) is 0.258. The van der Waals surface area contributed by atoms with E-state index >= 15 is 4.39 Å². The van der Waals surface area contributed by atoms with Crippen molar-refractivity contribution in [2.24, 2.45) is 7.05 Å². The van der Waals surface area contributed by atoms with Gasteiger partial charge in [0.15, 0.2) is 0 Å². The molecule has 10 heteroatoms. The van der Waals surface area contributed by atoms with Crippen molar-refractivity contribution < 1.29 is 19.0 Å². The molecule has 4 rings (SSSR count). The van der Waals surface area contributed by atoms with E-state index in [2.05, 4.69) is 10.3 Å². The Morgan fingerprint density at radius 1 is 1.07 bits per heavy atom. The van der Waals surface area contributed by atoms with E-state index in [0.29, 0.717) is 29.1 Å². The van der Waals surface area contributed by atoms with Crippen LogP contribution < -0.4 is 21.3 Å². The van der Waals surface area contributed by atoms with E-state index in [4.69, 9.17) is 4.74 Å². The molecular formula is C31H33FN4O5. The quantitative estimate of drug-likeness (QED) is 0.286. The van der Waals surface area contributed by atoms with Gasteiger partial charge in [-0.15, -0.1) is 0 Å². The number of halogens is 1. The van der Waals surface area contributed by atoms with E-state index in [1.165, 1.54) is 20.2 Å². The predicted octanol–water partition coefficient (Wildman–Crippen LogP) is 3.85. The van der Waals surface area contributed by atoms with Crippen LogP contribution >= 0.6 is 0 Å². The first kappa shape index (κ1) is 29.4. The molecule has 0 atom stereocenters. The molecular weight excluding hydrogens is 527 g/mol. The monoisotopic (exact) mass is 560 g/mol. The largest absolute Gasteiger partial charge is 0.496 e. The Morgan fingerprint density at radius 3 is 2.41 bits per heavy atom. The van der Waals surface area contributed by atoms with Crippen molar-refractivity contribution in [1.29, 1.82) is 0 Å². The van der Waals surface area contributed by atoms with Crippen LogP contribution in [0.15, 0.2) is 64.3 Å². The van der Waals surface area contributed by atoms with Gasteiger partial charge in [-0.25, -0.2) is 9.18 Å². The number of ether oxygens (including phenoxy) is 1. The van der Waals surface area contributed by atoms with Gasteiger partial charge in [0.1, 0.15) is 17.1 Å². The van der Waals surface area contributed by atoms with Crippen LogP contribution in [0.2, 0.25) is 0 Å². The summed E-state index contributed by atoms with van der Waals surface area (Å²) in [6.45, 7) is 4.49. The van der Waals surface area contributed by atoms with Gasteiger partial charge in [-0.05, 0) is 72.5 Å². The highest BCUT2D eigenvalue weighted by molar-refractivity contribution is 6.04. The third-order valence-corrected chi connectivity index (χ3v) is 7.23. The van der Waals surface area contributed by atoms with Crippen molar-refractivity contribution in [2.45, 2.75) is 20.4 Å². The molecule has 1 aromatic heterocycles. The van der Waals surface area contributed by atoms with Gasteiger partial charge in [0, 0.05) is 37.6 Å². The average Bonchev–Trinajstić information content (AvgIpc) is 2.94. The number of amides is 1. The van der Waals surface area contributed by atoms with Crippen molar-refractivity contribution in [3.05, 3.63) is 104 Å². The maximum absolute atomic E-state index is 15.3. The molecule has 0 spiro atoms. The summed E-state index contributed by atoms with van der Waals surface area (Å²) in [4.78, 5) is 41.2. The van der Waals surface area contributed by atoms with Crippen LogP contribution in [0.25, 0.3) is 22.3 Å². The Hall–Kier alpha value is -4.54. The topological polar surface area (TPSA) is 117 Å². The Labute approximate surface area is 236 Å². The van der Waals surface area contributed by atoms with Gasteiger partial charge in [-0.1, -0.05) is 30.3 Å². The van der Waals surface area contributed by atoms with Crippen molar-refractivity contribution >= 4 is 11.6 Å². The van der Waals surface area contributed by atoms with Crippen LogP contribution in [0.5, 0.6) is 5.75 Å². The van der Waals surface area contributed by atoms with Crippen LogP contribution in [-0.4, -0.2) is 52.8 Å². The van der Waals surface area contributed by atoms with Crippen LogP contribution in [-0.2, 0) is 13.6 Å². The number of methoxy groups -OCH3 is 1. The molecule has 0 saturated carbocycles. The highest BCUT2D eigenvalue weighted by Crippen LogP contribution is 2.38. The first-order chi connectivity index (χ1) is 19.6. The second-order valence-electron chi connectivity index (χ2n) is 9.88. The number of anilines is 1. The number of hydrogen-bond acceptors (Lipinski definition) is 6. The highest BCUT2D eigenvalue weighted by atomic mass is 19.1. The third kappa shape index (κ3) is 5.98. The van der Waals surface area contributed by atoms with Crippen molar-refractivity contribution in [2.75, 3.05) is 32.6 Å². The minimum absolute atomic E-state index is 0.0274. The number of carbonyl (C=O) groups excluding carboxylic acids is 1. The number of aromatic amines is 1. The zero-order valence-corrected chi connectivity index (χ0v) is 23.7. The minimum atomic E-state index is -0.697. The van der Waals surface area contributed by atoms with E-state index in [9.17, 15) is 19.5 Å². The first-order valence-electron chi connectivity index (χ1n) is 13.0. The summed E-state index contributed by atoms with van der Waals surface area (Å²) in [5.74, 6) is -0.619. The number of rotatable bonds is 9. The Bertz CT molecular complexity index is 1730. The summed E-state index contributed by atoms with van der Waals surface area (Å²) in [6.07, 6.45) is 1.11. The number of H-pyrrole nitrogens is 1. The highest BCUT2D eigenvalue weighted by Gasteiger charge is 2.19. The van der Waals surface area contributed by atoms with Crippen LogP contribution in [0.1, 0.15) is 27.0 Å². The lowest BCUT2D eigenvalue weighted by atomic mass is 9.90. The molecule has 0 fully saturated rings. The lowest BCUT2D eigenvalue weighted by molar-refractivity contribution is 0.102. The first-order valence-corrected chi connectivity index (χ1v) is 13.0. The van der Waals surface area contributed by atoms with Crippen LogP contribution in [0.3, 0.4) is 0 Å². The molecule has 3 aromatic carbocycles. The summed E-state index contributed by atoms with van der Waals surface area (Å²) in [7, 11) is 4.60. The number of nitrogens with one attached hydrogen (secondary N) is 2. The Balaban J connectivity index is 1.71. The van der Waals surface area contributed by atoms with Crippen LogP contribution in [0.4, 0.5) is 10.1 Å². The third-order valence-electron chi connectivity index (χ3n) is 7.23. The summed E-state index contributed by atoms with van der Waals surface area (Å²) >= 11 is 0. The molecule has 214 valence electrons. The fourth-order valence-corrected chi connectivity index (χ4v) is 4.84. The second kappa shape index (κ2) is 12.3. The molecule has 9 nitrogen and oxygen atoms in total. The molecule has 0 bridgehead atoms. The molecule has 0 saturated heterocycles. The SMILES string of the molecule is COc1cc(-c2cccc(-c3cccc(NC(=O)c4c[nH]c(=O)n(C)c4=O)c3C)c2C)cc(F)c1CN(C)CCO. The molecule has 3 N–H and O–H groups in total. The number of hydrogen-bond donors (Lipinski definition) is 3. The van der Waals surface area contributed by atoms with Crippen molar-refractivity contribution in [1.82, 2.24) is 14.5 Å². The molecule has 0 aliphatic rings. The molecule has 4 aromatic rings. The van der Waals surface area contributed by atoms with Gasteiger partial charge < -0.3 is 20.1 Å². The number of aliphatic hydroxyl groups is 1. The minimum Gasteiger partial charge on any atom is -0.496 e.